The molecule has 1 rings (SSSR count). The molecule has 4 nitrogen and oxygen atoms in total. The van der Waals surface area contributed by atoms with Gasteiger partial charge in [-0.25, -0.2) is 9.69 Å². The predicted molar refractivity (Wildman–Crippen MR) is 51.8 cm³/mol. The van der Waals surface area contributed by atoms with Crippen LogP contribution in [-0.2, 0) is 9.53 Å². The molecule has 0 aromatic carbocycles. The van der Waals surface area contributed by atoms with Crippen LogP contribution in [0.15, 0.2) is 0 Å². The Labute approximate surface area is 95.5 Å². The van der Waals surface area contributed by atoms with Gasteiger partial charge < -0.3 is 4.74 Å². The summed E-state index contributed by atoms with van der Waals surface area (Å²) in [4.78, 5) is 23.8. The van der Waals surface area contributed by atoms with Crippen LogP contribution in [0, 0.1) is 0 Å². The summed E-state index contributed by atoms with van der Waals surface area (Å²) in [6.07, 6.45) is -12.0. The van der Waals surface area contributed by atoms with Gasteiger partial charge >= 0.3 is 6.09 Å². The Hall–Kier alpha value is -1.06. The highest BCUT2D eigenvalue weighted by Crippen LogP contribution is 2.15. The van der Waals surface area contributed by atoms with Crippen molar-refractivity contribution in [3.05, 3.63) is 0 Å². The number of ether oxygens (including phenoxy) is 1. The van der Waals surface area contributed by atoms with Crippen LogP contribution in [0.3, 0.4) is 0 Å². The summed E-state index contributed by atoms with van der Waals surface area (Å²) in [5.74, 6) is -1.83. The Kier molecular flexibility index (Phi) is 1.20. The Morgan fingerprint density at radius 2 is 2.14 bits per heavy atom. The smallest absolute Gasteiger partial charge is 0.417 e. The summed E-state index contributed by atoms with van der Waals surface area (Å²) < 4.78 is 65.4. The maximum absolute atomic E-state index is 12.1. The van der Waals surface area contributed by atoms with Gasteiger partial charge in [-0.3, -0.25) is 4.79 Å². The molecule has 4 heteroatoms. The molecule has 2 amide bonds. The van der Waals surface area contributed by atoms with Gasteiger partial charge in [0.25, 0.3) is 0 Å². The van der Waals surface area contributed by atoms with Crippen molar-refractivity contribution in [2.24, 2.45) is 0 Å². The Bertz CT molecular complexity index is 511. The van der Waals surface area contributed by atoms with E-state index in [0.717, 1.165) is 0 Å². The molecule has 0 N–H and O–H groups in total. The zero-order valence-corrected chi connectivity index (χ0v) is 8.17. The first kappa shape index (κ1) is 4.21. The van der Waals surface area contributed by atoms with Crippen LogP contribution in [0.1, 0.15) is 50.9 Å². The van der Waals surface area contributed by atoms with E-state index in [2.05, 4.69) is 0 Å². The van der Waals surface area contributed by atoms with E-state index < -0.39 is 43.2 Å². The molecule has 80 valence electrons. The second-order valence-electron chi connectivity index (χ2n) is 3.61. The minimum atomic E-state index is -3.49. The average molecular weight is 207 g/mol. The molecule has 0 aromatic heterocycles. The number of rotatable bonds is 0. The molecule has 0 unspecified atom stereocenters. The van der Waals surface area contributed by atoms with Gasteiger partial charge in [0.2, 0.25) is 5.91 Å². The summed E-state index contributed by atoms with van der Waals surface area (Å²) in [7, 11) is 0. The maximum Gasteiger partial charge on any atom is 0.417 e. The third kappa shape index (κ3) is 3.01. The number of hydrogen-bond acceptors (Lipinski definition) is 3. The van der Waals surface area contributed by atoms with Crippen molar-refractivity contribution in [1.82, 2.24) is 4.90 Å². The van der Waals surface area contributed by atoms with E-state index in [1.165, 1.54) is 20.8 Å². The molecule has 1 heterocycles. The number of carbonyl (C=O) groups excluding carboxylic acids is 2. The van der Waals surface area contributed by atoms with E-state index in [4.69, 9.17) is 15.7 Å². The number of likely N-dealkylation sites (tertiary alicyclic amines) is 1. The number of hydrogen-bond donors (Lipinski definition) is 0. The lowest BCUT2D eigenvalue weighted by Gasteiger charge is -2.28. The molecular formula is C10H17NO3. The third-order valence-corrected chi connectivity index (χ3v) is 1.18. The molecule has 1 aliphatic heterocycles. The van der Waals surface area contributed by atoms with Crippen molar-refractivity contribution in [3.63, 3.8) is 0 Å². The normalized spacial score (nSPS) is 41.1. The van der Waals surface area contributed by atoms with Crippen molar-refractivity contribution in [2.45, 2.75) is 45.5 Å². The second-order valence-corrected chi connectivity index (χ2v) is 3.61. The molecule has 0 aliphatic carbocycles. The number of piperidine rings is 1. The Balaban J connectivity index is 3.47. The molecule has 1 fully saturated rings. The van der Waals surface area contributed by atoms with Gasteiger partial charge in [-0.1, -0.05) is 0 Å². The highest BCUT2D eigenvalue weighted by atomic mass is 16.6. The maximum atomic E-state index is 12.1. The zero-order valence-electron chi connectivity index (χ0n) is 16.2. The molecule has 0 atom stereocenters. The predicted octanol–water partition coefficient (Wildman–Crippen LogP) is 1.93. The summed E-state index contributed by atoms with van der Waals surface area (Å²) in [6.45, 7) is 0.855. The molecule has 0 radical (unpaired) electrons. The van der Waals surface area contributed by atoms with Crippen molar-refractivity contribution < 1.29 is 25.3 Å². The van der Waals surface area contributed by atoms with E-state index in [-0.39, 0.29) is 4.90 Å². The molecular weight excluding hydrogens is 182 g/mol. The lowest BCUT2D eigenvalue weighted by Crippen LogP contribution is -2.43. The van der Waals surface area contributed by atoms with E-state index in [9.17, 15) is 9.59 Å². The van der Waals surface area contributed by atoms with Crippen LogP contribution in [0.5, 0.6) is 0 Å². The van der Waals surface area contributed by atoms with Crippen LogP contribution in [0.25, 0.3) is 0 Å². The van der Waals surface area contributed by atoms with Gasteiger partial charge in [0.1, 0.15) is 5.60 Å². The fourth-order valence-electron chi connectivity index (χ4n) is 0.711. The van der Waals surface area contributed by atoms with Crippen LogP contribution >= 0.6 is 0 Å². The average Bonchev–Trinajstić information content (AvgIpc) is 2.23. The minimum absolute atomic E-state index is 0.320. The number of carbonyl (C=O) groups is 2. The van der Waals surface area contributed by atoms with Crippen molar-refractivity contribution >= 4 is 12.0 Å². The van der Waals surface area contributed by atoms with Crippen LogP contribution in [0.2, 0.25) is 0 Å². The molecule has 0 aromatic rings. The summed E-state index contributed by atoms with van der Waals surface area (Å²) in [5, 5.41) is 0. The number of imide groups is 1. The van der Waals surface area contributed by atoms with E-state index in [1.54, 1.807) is 0 Å². The lowest BCUT2D eigenvalue weighted by atomic mass is 10.1. The van der Waals surface area contributed by atoms with E-state index in [1.807, 2.05) is 0 Å². The van der Waals surface area contributed by atoms with Gasteiger partial charge in [0, 0.05) is 21.1 Å². The lowest BCUT2D eigenvalue weighted by molar-refractivity contribution is -0.132. The highest BCUT2D eigenvalue weighted by Gasteiger charge is 2.28. The SMILES string of the molecule is [2H]C1([2H])C(=O)N(C(=O)OC(C)(C)C)C([2H])([2H])C([2H])([2H])C1([2H])[2H]. The fourth-order valence-corrected chi connectivity index (χ4v) is 0.711. The fraction of sp³-hybridized carbons (Fsp3) is 0.800. The van der Waals surface area contributed by atoms with E-state index >= 15 is 0 Å². The van der Waals surface area contributed by atoms with Gasteiger partial charge in [-0.2, -0.15) is 0 Å². The third-order valence-electron chi connectivity index (χ3n) is 1.18. The highest BCUT2D eigenvalue weighted by molar-refractivity contribution is 5.92. The van der Waals surface area contributed by atoms with Crippen LogP contribution < -0.4 is 0 Å². The monoisotopic (exact) mass is 207 g/mol. The Morgan fingerprint density at radius 1 is 1.50 bits per heavy atom. The van der Waals surface area contributed by atoms with Gasteiger partial charge in [-0.05, 0) is 33.5 Å². The standard InChI is InChI=1S/C10H17NO3/c1-10(2,3)14-9(13)11-7-5-4-6-8(11)12/h4-7H2,1-3H3/i4D2,5D2,6D2,7D2. The first-order valence-corrected chi connectivity index (χ1v) is 3.99. The first-order valence-electron chi connectivity index (χ1n) is 7.99. The number of amides is 2. The van der Waals surface area contributed by atoms with Crippen molar-refractivity contribution in [2.75, 3.05) is 6.50 Å². The summed E-state index contributed by atoms with van der Waals surface area (Å²) >= 11 is 0. The molecule has 0 bridgehead atoms. The number of nitrogens with zero attached hydrogens (tertiary/aromatic N) is 1. The van der Waals surface area contributed by atoms with Crippen molar-refractivity contribution in [1.29, 1.82) is 0 Å². The van der Waals surface area contributed by atoms with Gasteiger partial charge in [-0.15, -0.1) is 0 Å². The first-order chi connectivity index (χ1) is 9.41. The molecule has 0 spiro atoms. The second kappa shape index (κ2) is 3.98. The molecule has 1 saturated heterocycles. The van der Waals surface area contributed by atoms with Gasteiger partial charge in [0.05, 0.1) is 2.74 Å². The quantitative estimate of drug-likeness (QED) is 0.609. The van der Waals surface area contributed by atoms with E-state index in [0.29, 0.717) is 0 Å². The largest absolute Gasteiger partial charge is 0.443 e. The molecule has 0 saturated carbocycles. The summed E-state index contributed by atoms with van der Waals surface area (Å²) in [6, 6.07) is 0. The zero-order chi connectivity index (χ0) is 17.9. The minimum Gasteiger partial charge on any atom is -0.443 e. The van der Waals surface area contributed by atoms with Crippen LogP contribution in [-0.4, -0.2) is 29.0 Å². The Morgan fingerprint density at radius 3 is 2.71 bits per heavy atom. The van der Waals surface area contributed by atoms with Crippen LogP contribution in [0.4, 0.5) is 4.79 Å². The molecule has 1 aliphatic rings. The van der Waals surface area contributed by atoms with Crippen molar-refractivity contribution in [3.8, 4) is 0 Å². The molecule has 14 heavy (non-hydrogen) atoms. The summed E-state index contributed by atoms with van der Waals surface area (Å²) in [5.41, 5.74) is -1.14. The van der Waals surface area contributed by atoms with Gasteiger partial charge in [0.15, 0.2) is 0 Å². The topological polar surface area (TPSA) is 46.6 Å².